The molecule has 0 aliphatic rings. The zero-order chi connectivity index (χ0) is 12.0. The van der Waals surface area contributed by atoms with E-state index < -0.39 is 0 Å². The maximum Gasteiger partial charge on any atom is 0.251 e. The lowest BCUT2D eigenvalue weighted by Crippen LogP contribution is -2.90. The molecule has 4 nitrogen and oxygen atoms in total. The Morgan fingerprint density at radius 1 is 1.31 bits per heavy atom. The zero-order valence-electron chi connectivity index (χ0n) is 10.1. The summed E-state index contributed by atoms with van der Waals surface area (Å²) in [6, 6.07) is 7.84. The van der Waals surface area contributed by atoms with Crippen LogP contribution in [0, 0.1) is 0 Å². The summed E-state index contributed by atoms with van der Waals surface area (Å²) in [5, 5.41) is 2.86. The van der Waals surface area contributed by atoms with Gasteiger partial charge in [0.25, 0.3) is 5.91 Å². The smallest absolute Gasteiger partial charge is 0.251 e. The molecule has 4 N–H and O–H groups in total. The van der Waals surface area contributed by atoms with Crippen molar-refractivity contribution in [3.8, 4) is 0 Å². The molecule has 4 heteroatoms. The largest absolute Gasteiger partial charge is 0.350 e. The van der Waals surface area contributed by atoms with Crippen molar-refractivity contribution in [3.05, 3.63) is 35.4 Å². The van der Waals surface area contributed by atoms with Crippen LogP contribution < -0.4 is 16.2 Å². The van der Waals surface area contributed by atoms with E-state index in [0.717, 1.165) is 6.54 Å². The molecule has 0 fully saturated rings. The Kier molecular flexibility index (Phi) is 4.95. The first-order valence-corrected chi connectivity index (χ1v) is 5.52. The van der Waals surface area contributed by atoms with Crippen LogP contribution in [-0.4, -0.2) is 19.0 Å². The van der Waals surface area contributed by atoms with E-state index in [1.807, 2.05) is 50.6 Å². The highest BCUT2D eigenvalue weighted by Gasteiger charge is 2.06. The fraction of sp³-hybridized carbons (Fsp3) is 0.417. The number of quaternary nitrogens is 1. The third-order valence-corrected chi connectivity index (χ3v) is 2.18. The molecule has 0 unspecified atom stereocenters. The lowest BCUT2D eigenvalue weighted by atomic mass is 10.1. The van der Waals surface area contributed by atoms with Crippen LogP contribution in [0.15, 0.2) is 24.3 Å². The quantitative estimate of drug-likeness (QED) is 0.486. The van der Waals surface area contributed by atoms with Crippen LogP contribution in [0.3, 0.4) is 0 Å². The molecular weight excluding hydrogens is 202 g/mol. The molecule has 0 atom stereocenters. The second kappa shape index (κ2) is 6.25. The number of benzene rings is 1. The number of hydrogen-bond donors (Lipinski definition) is 3. The summed E-state index contributed by atoms with van der Waals surface area (Å²) in [5.41, 5.74) is 6.85. The van der Waals surface area contributed by atoms with E-state index >= 15 is 0 Å². The second-order valence-electron chi connectivity index (χ2n) is 4.02. The van der Waals surface area contributed by atoms with Crippen molar-refractivity contribution in [2.45, 2.75) is 26.4 Å². The fourth-order valence-electron chi connectivity index (χ4n) is 1.36. The van der Waals surface area contributed by atoms with Gasteiger partial charge in [0.1, 0.15) is 6.54 Å². The lowest BCUT2D eigenvalue weighted by Gasteiger charge is -2.08. The molecule has 0 radical (unpaired) electrons. The summed E-state index contributed by atoms with van der Waals surface area (Å²) in [6.07, 6.45) is 0. The van der Waals surface area contributed by atoms with Gasteiger partial charge in [0.05, 0.1) is 0 Å². The lowest BCUT2D eigenvalue weighted by molar-refractivity contribution is -0.722. The molecule has 88 valence electrons. The first-order valence-electron chi connectivity index (χ1n) is 5.52. The molecule has 0 bridgehead atoms. The summed E-state index contributed by atoms with van der Waals surface area (Å²) in [6.45, 7) is 4.77. The molecule has 0 heterocycles. The van der Waals surface area contributed by atoms with Crippen molar-refractivity contribution in [1.29, 1.82) is 0 Å². The van der Waals surface area contributed by atoms with E-state index in [2.05, 4.69) is 10.7 Å². The molecule has 1 aromatic carbocycles. The average Bonchev–Trinajstić information content (AvgIpc) is 2.26. The number of nitrogens with two attached hydrogens (primary N) is 1. The van der Waals surface area contributed by atoms with Crippen molar-refractivity contribution in [2.75, 3.05) is 7.05 Å². The van der Waals surface area contributed by atoms with Crippen molar-refractivity contribution >= 4 is 5.91 Å². The molecule has 0 aliphatic heterocycles. The van der Waals surface area contributed by atoms with Crippen LogP contribution in [-0.2, 0) is 6.54 Å². The number of nitrogens with one attached hydrogen (secondary N) is 2. The summed E-state index contributed by atoms with van der Waals surface area (Å²) in [5.74, 6) is -0.0147. The molecule has 0 saturated heterocycles. The van der Waals surface area contributed by atoms with Gasteiger partial charge < -0.3 is 5.32 Å². The van der Waals surface area contributed by atoms with Gasteiger partial charge in [0.15, 0.2) is 0 Å². The van der Waals surface area contributed by atoms with Crippen molar-refractivity contribution in [1.82, 2.24) is 10.7 Å². The Labute approximate surface area is 96.4 Å². The van der Waals surface area contributed by atoms with Gasteiger partial charge in [-0.25, -0.2) is 0 Å². The number of amides is 1. The first-order chi connectivity index (χ1) is 7.63. The van der Waals surface area contributed by atoms with Crippen LogP contribution in [0.5, 0.6) is 0 Å². The van der Waals surface area contributed by atoms with E-state index in [-0.39, 0.29) is 11.9 Å². The Morgan fingerprint density at radius 2 is 1.94 bits per heavy atom. The minimum absolute atomic E-state index is 0.0147. The van der Waals surface area contributed by atoms with E-state index in [4.69, 9.17) is 0 Å². The van der Waals surface area contributed by atoms with Crippen LogP contribution in [0.2, 0.25) is 0 Å². The fourth-order valence-corrected chi connectivity index (χ4v) is 1.36. The van der Waals surface area contributed by atoms with Gasteiger partial charge in [-0.2, -0.15) is 5.43 Å². The Hall–Kier alpha value is -1.39. The van der Waals surface area contributed by atoms with Crippen LogP contribution in [0.25, 0.3) is 0 Å². The molecule has 1 amide bonds. The van der Waals surface area contributed by atoms with E-state index in [9.17, 15) is 4.79 Å². The first kappa shape index (κ1) is 12.7. The molecule has 1 aromatic rings. The van der Waals surface area contributed by atoms with Gasteiger partial charge in [0, 0.05) is 24.2 Å². The van der Waals surface area contributed by atoms with Crippen molar-refractivity contribution in [2.24, 2.45) is 0 Å². The molecule has 0 saturated carbocycles. The van der Waals surface area contributed by atoms with E-state index in [1.165, 1.54) is 5.56 Å². The Bertz CT molecular complexity index is 333. The van der Waals surface area contributed by atoms with Crippen LogP contribution in [0.4, 0.5) is 0 Å². The average molecular weight is 222 g/mol. The van der Waals surface area contributed by atoms with Crippen LogP contribution >= 0.6 is 0 Å². The molecular formula is C12H20N3O+. The number of rotatable bonds is 5. The highest BCUT2D eigenvalue weighted by atomic mass is 16.1. The summed E-state index contributed by atoms with van der Waals surface area (Å²) in [4.78, 5) is 11.6. The van der Waals surface area contributed by atoms with E-state index in [0.29, 0.717) is 5.56 Å². The van der Waals surface area contributed by atoms with Gasteiger partial charge >= 0.3 is 0 Å². The number of carbonyl (C=O) groups is 1. The number of hydrogen-bond acceptors (Lipinski definition) is 2. The van der Waals surface area contributed by atoms with Gasteiger partial charge in [-0.05, 0) is 26.0 Å². The second-order valence-corrected chi connectivity index (χ2v) is 4.02. The zero-order valence-corrected chi connectivity index (χ0v) is 10.1. The standard InChI is InChI=1S/C12H19N3O/c1-9(2)15-12(16)11-6-4-10(5-7-11)8-14-13-3/h4-7,9,13-14H,8H2,1-3H3,(H,15,16)/p+1. The highest BCUT2D eigenvalue weighted by molar-refractivity contribution is 5.94. The van der Waals surface area contributed by atoms with Gasteiger partial charge in [0.2, 0.25) is 0 Å². The topological polar surface area (TPSA) is 57.7 Å². The molecule has 1 rings (SSSR count). The maximum atomic E-state index is 11.6. The summed E-state index contributed by atoms with van der Waals surface area (Å²) >= 11 is 0. The predicted octanol–water partition coefficient (Wildman–Crippen LogP) is 0.0226. The highest BCUT2D eigenvalue weighted by Crippen LogP contribution is 2.03. The van der Waals surface area contributed by atoms with E-state index in [1.54, 1.807) is 0 Å². The monoisotopic (exact) mass is 222 g/mol. The molecule has 0 aliphatic carbocycles. The SMILES string of the molecule is CN[NH2+]Cc1ccc(C(=O)NC(C)C)cc1. The number of carbonyl (C=O) groups excluding carboxylic acids is 1. The van der Waals surface area contributed by atoms with Gasteiger partial charge in [-0.1, -0.05) is 12.1 Å². The Balaban J connectivity index is 2.60. The molecule has 0 aromatic heterocycles. The Morgan fingerprint density at radius 3 is 2.44 bits per heavy atom. The third-order valence-electron chi connectivity index (χ3n) is 2.18. The molecule has 16 heavy (non-hydrogen) atoms. The summed E-state index contributed by atoms with van der Waals surface area (Å²) < 4.78 is 0. The van der Waals surface area contributed by atoms with Crippen molar-refractivity contribution < 1.29 is 10.2 Å². The minimum atomic E-state index is -0.0147. The maximum absolute atomic E-state index is 11.6. The van der Waals surface area contributed by atoms with Crippen LogP contribution in [0.1, 0.15) is 29.8 Å². The van der Waals surface area contributed by atoms with Gasteiger partial charge in [-0.15, -0.1) is 0 Å². The third kappa shape index (κ3) is 4.00. The normalized spacial score (nSPS) is 10.5. The molecule has 0 spiro atoms. The van der Waals surface area contributed by atoms with Gasteiger partial charge in [-0.3, -0.25) is 10.2 Å². The summed E-state index contributed by atoms with van der Waals surface area (Å²) in [7, 11) is 1.88. The minimum Gasteiger partial charge on any atom is -0.350 e. The predicted molar refractivity (Wildman–Crippen MR) is 63.7 cm³/mol. The van der Waals surface area contributed by atoms with Crippen molar-refractivity contribution in [3.63, 3.8) is 0 Å².